The van der Waals surface area contributed by atoms with Crippen LogP contribution in [0.15, 0.2) is 121 Å². The Hall–Kier alpha value is -5.40. The van der Waals surface area contributed by atoms with Gasteiger partial charge in [0, 0.05) is 17.2 Å². The van der Waals surface area contributed by atoms with Gasteiger partial charge in [-0.15, -0.1) is 0 Å². The number of rotatable bonds is 4. The minimum absolute atomic E-state index is 0.436. The molecule has 2 aliphatic rings. The summed E-state index contributed by atoms with van der Waals surface area (Å²) < 4.78 is 13.0. The zero-order valence-corrected chi connectivity index (χ0v) is 22.3. The molecule has 2 aliphatic heterocycles. The Morgan fingerprint density at radius 3 is 1.26 bits per heavy atom. The Balaban J connectivity index is 1.42. The SMILES string of the molecule is N#Cc1ccc(C2Oc3cc4c(cc3C2(O)c2ccccc2)C(O)(c2ccccc2)C(c2ccc(C#N)cc2)O4)cc1. The molecule has 0 aromatic heterocycles. The van der Waals surface area contributed by atoms with E-state index in [0.29, 0.717) is 56.0 Å². The van der Waals surface area contributed by atoms with Crippen molar-refractivity contribution in [2.45, 2.75) is 23.4 Å². The highest BCUT2D eigenvalue weighted by Gasteiger charge is 2.55. The number of fused-ring (bicyclic) bond motifs is 2. The van der Waals surface area contributed by atoms with E-state index in [1.807, 2.05) is 60.7 Å². The van der Waals surface area contributed by atoms with Gasteiger partial charge in [-0.2, -0.15) is 10.5 Å². The van der Waals surface area contributed by atoms with Crippen LogP contribution >= 0.6 is 0 Å². The fraction of sp³-hybridized carbons (Fsp3) is 0.111. The molecule has 4 unspecified atom stereocenters. The van der Waals surface area contributed by atoms with Gasteiger partial charge < -0.3 is 19.7 Å². The summed E-state index contributed by atoms with van der Waals surface area (Å²) in [4.78, 5) is 0. The van der Waals surface area contributed by atoms with Crippen LogP contribution in [0.25, 0.3) is 0 Å². The van der Waals surface area contributed by atoms with Gasteiger partial charge in [-0.05, 0) is 52.6 Å². The Labute approximate surface area is 242 Å². The van der Waals surface area contributed by atoms with Gasteiger partial charge in [-0.3, -0.25) is 0 Å². The smallest absolute Gasteiger partial charge is 0.161 e. The molecule has 2 N–H and O–H groups in total. The van der Waals surface area contributed by atoms with Crippen molar-refractivity contribution in [2.24, 2.45) is 0 Å². The van der Waals surface area contributed by atoms with Gasteiger partial charge in [0.1, 0.15) is 11.5 Å². The van der Waals surface area contributed by atoms with E-state index in [2.05, 4.69) is 12.1 Å². The topological polar surface area (TPSA) is 107 Å². The molecule has 5 aromatic rings. The van der Waals surface area contributed by atoms with E-state index in [4.69, 9.17) is 9.47 Å². The zero-order valence-electron chi connectivity index (χ0n) is 22.3. The van der Waals surface area contributed by atoms with Gasteiger partial charge in [0.25, 0.3) is 0 Å². The van der Waals surface area contributed by atoms with Crippen molar-refractivity contribution in [3.05, 3.63) is 166 Å². The van der Waals surface area contributed by atoms with Crippen molar-refractivity contribution in [1.29, 1.82) is 10.5 Å². The lowest BCUT2D eigenvalue weighted by molar-refractivity contribution is -0.0118. The van der Waals surface area contributed by atoms with Crippen molar-refractivity contribution in [3.8, 4) is 23.6 Å². The zero-order chi connectivity index (χ0) is 28.9. The van der Waals surface area contributed by atoms with Crippen LogP contribution in [0.4, 0.5) is 0 Å². The molecule has 6 nitrogen and oxygen atoms in total. The van der Waals surface area contributed by atoms with Crippen LogP contribution in [-0.4, -0.2) is 10.2 Å². The average Bonchev–Trinajstić information content (AvgIpc) is 3.52. The lowest BCUT2D eigenvalue weighted by Crippen LogP contribution is -2.34. The molecule has 42 heavy (non-hydrogen) atoms. The van der Waals surface area contributed by atoms with E-state index in [-0.39, 0.29) is 0 Å². The largest absolute Gasteiger partial charge is 0.481 e. The first-order valence-electron chi connectivity index (χ1n) is 13.5. The fourth-order valence-corrected chi connectivity index (χ4v) is 6.14. The van der Waals surface area contributed by atoms with Gasteiger partial charge in [-0.1, -0.05) is 84.9 Å². The molecule has 7 rings (SSSR count). The van der Waals surface area contributed by atoms with Crippen LogP contribution in [-0.2, 0) is 11.2 Å². The molecule has 0 radical (unpaired) electrons. The number of hydrogen-bond donors (Lipinski definition) is 2. The van der Waals surface area contributed by atoms with Crippen LogP contribution in [0.1, 0.15) is 56.7 Å². The van der Waals surface area contributed by atoms with Gasteiger partial charge in [0.15, 0.2) is 23.4 Å². The second-order valence-corrected chi connectivity index (χ2v) is 10.6. The molecule has 0 fully saturated rings. The summed E-state index contributed by atoms with van der Waals surface area (Å²) in [5.41, 5.74) is 1.46. The van der Waals surface area contributed by atoms with E-state index < -0.39 is 23.4 Å². The maximum Gasteiger partial charge on any atom is 0.161 e. The third kappa shape index (κ3) is 3.71. The first-order chi connectivity index (χ1) is 20.5. The van der Waals surface area contributed by atoms with E-state index in [0.717, 1.165) is 0 Å². The molecule has 0 saturated carbocycles. The summed E-state index contributed by atoms with van der Waals surface area (Å²) in [6.07, 6.45) is -1.63. The summed E-state index contributed by atoms with van der Waals surface area (Å²) in [6, 6.07) is 40.3. The molecule has 0 bridgehead atoms. The number of hydrogen-bond acceptors (Lipinski definition) is 6. The fourth-order valence-electron chi connectivity index (χ4n) is 6.14. The molecule has 0 spiro atoms. The molecule has 202 valence electrons. The van der Waals surface area contributed by atoms with E-state index in [1.54, 1.807) is 60.7 Å². The Kier molecular flexibility index (Phi) is 5.85. The summed E-state index contributed by atoms with van der Waals surface area (Å²) in [6.45, 7) is 0. The Bertz CT molecular complexity index is 1740. The summed E-state index contributed by atoms with van der Waals surface area (Å²) in [7, 11) is 0. The van der Waals surface area contributed by atoms with Crippen LogP contribution < -0.4 is 9.47 Å². The third-order valence-electron chi connectivity index (χ3n) is 8.26. The summed E-state index contributed by atoms with van der Waals surface area (Å²) in [5, 5.41) is 43.9. The summed E-state index contributed by atoms with van der Waals surface area (Å²) >= 11 is 0. The highest BCUT2D eigenvalue weighted by atomic mass is 16.5. The third-order valence-corrected chi connectivity index (χ3v) is 8.26. The standard InChI is InChI=1S/C36H24N2O4/c37-21-23-11-15-25(16-12-23)33-35(39,27-7-3-1-4-8-27)29-19-30-32(20-31(29)41-33)42-34(26-17-13-24(22-38)14-18-26)36(30,40)28-9-5-2-6-10-28/h1-20,33-34,39-40H. The second kappa shape index (κ2) is 9.61. The molecule has 0 saturated heterocycles. The predicted molar refractivity (Wildman–Crippen MR) is 154 cm³/mol. The number of nitrogens with zero attached hydrogens (tertiary/aromatic N) is 2. The highest BCUT2D eigenvalue weighted by molar-refractivity contribution is 5.62. The monoisotopic (exact) mass is 548 g/mol. The highest BCUT2D eigenvalue weighted by Crippen LogP contribution is 2.59. The van der Waals surface area contributed by atoms with E-state index in [1.165, 1.54) is 0 Å². The maximum atomic E-state index is 12.6. The molecule has 6 heteroatoms. The first kappa shape index (κ1) is 25.6. The number of aliphatic hydroxyl groups is 2. The number of benzene rings is 5. The lowest BCUT2D eigenvalue weighted by atomic mass is 9.76. The van der Waals surface area contributed by atoms with Crippen molar-refractivity contribution in [2.75, 3.05) is 0 Å². The van der Waals surface area contributed by atoms with E-state index >= 15 is 0 Å². The molecule has 4 atom stereocenters. The van der Waals surface area contributed by atoms with Crippen molar-refractivity contribution in [1.82, 2.24) is 0 Å². The predicted octanol–water partition coefficient (Wildman–Crippen LogP) is 6.17. The van der Waals surface area contributed by atoms with Gasteiger partial charge >= 0.3 is 0 Å². The van der Waals surface area contributed by atoms with Crippen LogP contribution in [0.2, 0.25) is 0 Å². The van der Waals surface area contributed by atoms with Gasteiger partial charge in [-0.25, -0.2) is 0 Å². The maximum absolute atomic E-state index is 12.6. The molecule has 0 amide bonds. The normalized spacial score (nSPS) is 23.5. The molecule has 0 aliphatic carbocycles. The number of nitriles is 2. The van der Waals surface area contributed by atoms with Crippen molar-refractivity contribution >= 4 is 0 Å². The minimum Gasteiger partial charge on any atom is -0.481 e. The quantitative estimate of drug-likeness (QED) is 0.278. The number of ether oxygens (including phenoxy) is 2. The van der Waals surface area contributed by atoms with Gasteiger partial charge in [0.05, 0.1) is 23.3 Å². The molecule has 2 heterocycles. The van der Waals surface area contributed by atoms with Gasteiger partial charge in [0.2, 0.25) is 0 Å². The Morgan fingerprint density at radius 1 is 0.524 bits per heavy atom. The lowest BCUT2D eigenvalue weighted by Gasteiger charge is -2.32. The second-order valence-electron chi connectivity index (χ2n) is 10.6. The van der Waals surface area contributed by atoms with Crippen LogP contribution in [0, 0.1) is 22.7 Å². The minimum atomic E-state index is -1.61. The van der Waals surface area contributed by atoms with E-state index in [9.17, 15) is 20.7 Å². The summed E-state index contributed by atoms with van der Waals surface area (Å²) in [5.74, 6) is 0.871. The van der Waals surface area contributed by atoms with Crippen LogP contribution in [0.3, 0.4) is 0 Å². The first-order valence-corrected chi connectivity index (χ1v) is 13.5. The molecular weight excluding hydrogens is 524 g/mol. The average molecular weight is 549 g/mol. The molecular formula is C36H24N2O4. The van der Waals surface area contributed by atoms with Crippen molar-refractivity contribution < 1.29 is 19.7 Å². The van der Waals surface area contributed by atoms with Crippen molar-refractivity contribution in [3.63, 3.8) is 0 Å². The molecule has 5 aromatic carbocycles. The Morgan fingerprint density at radius 2 is 0.905 bits per heavy atom. The van der Waals surface area contributed by atoms with Crippen LogP contribution in [0.5, 0.6) is 11.5 Å².